The molecule has 0 saturated carbocycles. The maximum absolute atomic E-state index is 12.6. The van der Waals surface area contributed by atoms with E-state index in [4.69, 9.17) is 4.74 Å². The topological polar surface area (TPSA) is 78.9 Å². The summed E-state index contributed by atoms with van der Waals surface area (Å²) in [7, 11) is 0. The van der Waals surface area contributed by atoms with Crippen molar-refractivity contribution in [3.05, 3.63) is 69.7 Å². The molecule has 0 aliphatic carbocycles. The van der Waals surface area contributed by atoms with E-state index in [1.165, 1.54) is 4.90 Å². The highest BCUT2D eigenvalue weighted by Gasteiger charge is 2.32. The number of nitrogens with one attached hydrogen (secondary N) is 1. The number of aliphatic hydroxyl groups is 1. The highest BCUT2D eigenvalue weighted by Crippen LogP contribution is 2.20. The fraction of sp³-hybridized carbons (Fsp3) is 0.333. The van der Waals surface area contributed by atoms with Crippen LogP contribution >= 0.6 is 15.9 Å². The second-order valence-electron chi connectivity index (χ2n) is 6.83. The van der Waals surface area contributed by atoms with E-state index in [-0.39, 0.29) is 19.1 Å². The van der Waals surface area contributed by atoms with E-state index < -0.39 is 18.2 Å². The van der Waals surface area contributed by atoms with E-state index in [1.807, 2.05) is 43.3 Å². The van der Waals surface area contributed by atoms with Crippen LogP contribution in [0.2, 0.25) is 0 Å². The molecule has 6 nitrogen and oxygen atoms in total. The average Bonchev–Trinajstić information content (AvgIpc) is 2.70. The Bertz CT molecular complexity index is 844. The number of nitrogens with zero attached hydrogens (tertiary/aromatic N) is 1. The zero-order chi connectivity index (χ0) is 20.1. The zero-order valence-corrected chi connectivity index (χ0v) is 17.2. The van der Waals surface area contributed by atoms with Crippen molar-refractivity contribution in [3.63, 3.8) is 0 Å². The molecule has 0 aromatic heterocycles. The summed E-state index contributed by atoms with van der Waals surface area (Å²) in [6, 6.07) is 14.3. The fourth-order valence-electron chi connectivity index (χ4n) is 3.16. The van der Waals surface area contributed by atoms with E-state index in [9.17, 15) is 14.7 Å². The molecule has 2 atom stereocenters. The molecule has 1 saturated heterocycles. The maximum Gasteiger partial charge on any atom is 0.410 e. The van der Waals surface area contributed by atoms with Gasteiger partial charge in [0.25, 0.3) is 5.91 Å². The van der Waals surface area contributed by atoms with Gasteiger partial charge < -0.3 is 20.1 Å². The predicted molar refractivity (Wildman–Crippen MR) is 109 cm³/mol. The van der Waals surface area contributed by atoms with Crippen LogP contribution in [0.3, 0.4) is 0 Å². The van der Waals surface area contributed by atoms with Gasteiger partial charge in [-0.2, -0.15) is 0 Å². The number of rotatable bonds is 4. The first kappa shape index (κ1) is 20.4. The van der Waals surface area contributed by atoms with Crippen molar-refractivity contribution in [1.82, 2.24) is 10.2 Å². The van der Waals surface area contributed by atoms with E-state index in [0.717, 1.165) is 15.6 Å². The van der Waals surface area contributed by atoms with Crippen LogP contribution in [0.4, 0.5) is 4.79 Å². The quantitative estimate of drug-likeness (QED) is 0.755. The van der Waals surface area contributed by atoms with Gasteiger partial charge >= 0.3 is 6.09 Å². The monoisotopic (exact) mass is 446 g/mol. The first-order valence-corrected chi connectivity index (χ1v) is 9.94. The average molecular weight is 447 g/mol. The van der Waals surface area contributed by atoms with Crippen molar-refractivity contribution < 1.29 is 19.4 Å². The molecule has 0 radical (unpaired) electrons. The summed E-state index contributed by atoms with van der Waals surface area (Å²) >= 11 is 3.42. The van der Waals surface area contributed by atoms with Crippen molar-refractivity contribution in [2.24, 2.45) is 0 Å². The van der Waals surface area contributed by atoms with Crippen LogP contribution in [0, 0.1) is 6.92 Å². The molecule has 2 N–H and O–H groups in total. The Morgan fingerprint density at radius 3 is 2.71 bits per heavy atom. The summed E-state index contributed by atoms with van der Waals surface area (Å²) in [5.74, 6) is -0.276. The minimum Gasteiger partial charge on any atom is -0.445 e. The molecule has 0 bridgehead atoms. The number of benzene rings is 2. The van der Waals surface area contributed by atoms with Crippen molar-refractivity contribution >= 4 is 27.9 Å². The van der Waals surface area contributed by atoms with Gasteiger partial charge in [-0.1, -0.05) is 52.3 Å². The highest BCUT2D eigenvalue weighted by atomic mass is 79.9. The lowest BCUT2D eigenvalue weighted by Crippen LogP contribution is -2.56. The van der Waals surface area contributed by atoms with E-state index in [1.54, 1.807) is 12.1 Å². The van der Waals surface area contributed by atoms with Crippen molar-refractivity contribution in [2.75, 3.05) is 13.1 Å². The van der Waals surface area contributed by atoms with Crippen LogP contribution in [0.5, 0.6) is 0 Å². The number of piperidine rings is 1. The maximum atomic E-state index is 12.6. The molecule has 1 aliphatic rings. The van der Waals surface area contributed by atoms with Crippen LogP contribution in [-0.2, 0) is 11.3 Å². The molecule has 0 spiro atoms. The number of carbonyl (C=O) groups excluding carboxylic acids is 2. The van der Waals surface area contributed by atoms with Crippen LogP contribution < -0.4 is 5.32 Å². The minimum absolute atomic E-state index is 0.187. The van der Waals surface area contributed by atoms with Gasteiger partial charge in [0.2, 0.25) is 0 Å². The number of carbonyl (C=O) groups is 2. The Kier molecular flexibility index (Phi) is 6.70. The lowest BCUT2D eigenvalue weighted by Gasteiger charge is -2.36. The van der Waals surface area contributed by atoms with E-state index in [0.29, 0.717) is 18.5 Å². The van der Waals surface area contributed by atoms with E-state index >= 15 is 0 Å². The van der Waals surface area contributed by atoms with Crippen LogP contribution in [0.1, 0.15) is 27.9 Å². The summed E-state index contributed by atoms with van der Waals surface area (Å²) in [6.07, 6.45) is -0.786. The standard InChI is InChI=1S/C21H23BrN2O4/c1-14-16(8-5-9-17(14)22)20(26)23-18-12-24(11-10-19(18)25)21(27)28-13-15-6-3-2-4-7-15/h2-9,18-19,25H,10-13H2,1H3,(H,23,26)/t18-,19-/m1/s1. The number of ether oxygens (including phenoxy) is 1. The van der Waals surface area contributed by atoms with Gasteiger partial charge in [0.05, 0.1) is 12.1 Å². The summed E-state index contributed by atoms with van der Waals surface area (Å²) < 4.78 is 6.21. The zero-order valence-electron chi connectivity index (χ0n) is 15.6. The summed E-state index contributed by atoms with van der Waals surface area (Å²) in [6.45, 7) is 2.63. The third-order valence-electron chi connectivity index (χ3n) is 4.87. The van der Waals surface area contributed by atoms with Gasteiger partial charge in [-0.05, 0) is 36.6 Å². The summed E-state index contributed by atoms with van der Waals surface area (Å²) in [5.41, 5.74) is 2.26. The third-order valence-corrected chi connectivity index (χ3v) is 5.73. The van der Waals surface area contributed by atoms with Gasteiger partial charge in [-0.25, -0.2) is 4.79 Å². The molecule has 1 aliphatic heterocycles. The first-order valence-electron chi connectivity index (χ1n) is 9.15. The number of halogens is 1. The van der Waals surface area contributed by atoms with Crippen LogP contribution in [-0.4, -0.2) is 47.2 Å². The lowest BCUT2D eigenvalue weighted by atomic mass is 10.0. The molecule has 2 amide bonds. The fourth-order valence-corrected chi connectivity index (χ4v) is 3.52. The normalized spacial score (nSPS) is 19.2. The number of likely N-dealkylation sites (tertiary alicyclic amines) is 1. The molecule has 28 heavy (non-hydrogen) atoms. The molecule has 2 aromatic carbocycles. The number of hydrogen-bond donors (Lipinski definition) is 2. The molecule has 7 heteroatoms. The SMILES string of the molecule is Cc1c(Br)cccc1C(=O)N[C@@H]1CN(C(=O)OCc2ccccc2)CC[C@H]1O. The molecule has 148 valence electrons. The molecule has 1 fully saturated rings. The van der Waals surface area contributed by atoms with Crippen molar-refractivity contribution in [2.45, 2.75) is 32.1 Å². The number of amides is 2. The largest absolute Gasteiger partial charge is 0.445 e. The van der Waals surface area contributed by atoms with Crippen LogP contribution in [0.15, 0.2) is 53.0 Å². The first-order chi connectivity index (χ1) is 13.5. The smallest absolute Gasteiger partial charge is 0.410 e. The van der Waals surface area contributed by atoms with Crippen molar-refractivity contribution in [3.8, 4) is 0 Å². The molecule has 3 rings (SSSR count). The van der Waals surface area contributed by atoms with Gasteiger partial charge in [-0.15, -0.1) is 0 Å². The molecular formula is C21H23BrN2O4. The Balaban J connectivity index is 1.60. The van der Waals surface area contributed by atoms with Gasteiger partial charge in [-0.3, -0.25) is 4.79 Å². The molecule has 1 heterocycles. The highest BCUT2D eigenvalue weighted by molar-refractivity contribution is 9.10. The predicted octanol–water partition coefficient (Wildman–Crippen LogP) is 3.26. The molecule has 0 unspecified atom stereocenters. The summed E-state index contributed by atoms with van der Waals surface area (Å²) in [5, 5.41) is 13.1. The third kappa shape index (κ3) is 4.91. The van der Waals surface area contributed by atoms with Crippen LogP contribution in [0.25, 0.3) is 0 Å². The Labute approximate surface area is 172 Å². The second-order valence-corrected chi connectivity index (χ2v) is 7.69. The lowest BCUT2D eigenvalue weighted by molar-refractivity contribution is 0.0324. The van der Waals surface area contributed by atoms with Gasteiger partial charge in [0, 0.05) is 23.1 Å². The van der Waals surface area contributed by atoms with Gasteiger partial charge in [0.15, 0.2) is 0 Å². The Morgan fingerprint density at radius 1 is 1.21 bits per heavy atom. The number of hydrogen-bond acceptors (Lipinski definition) is 4. The van der Waals surface area contributed by atoms with E-state index in [2.05, 4.69) is 21.2 Å². The summed E-state index contributed by atoms with van der Waals surface area (Å²) in [4.78, 5) is 26.5. The van der Waals surface area contributed by atoms with Crippen molar-refractivity contribution in [1.29, 1.82) is 0 Å². The Morgan fingerprint density at radius 2 is 1.96 bits per heavy atom. The second kappa shape index (κ2) is 9.21. The minimum atomic E-state index is -0.713. The number of aliphatic hydroxyl groups excluding tert-OH is 1. The molecule has 2 aromatic rings. The van der Waals surface area contributed by atoms with Gasteiger partial charge in [0.1, 0.15) is 6.61 Å². The molecular weight excluding hydrogens is 424 g/mol. The Hall–Kier alpha value is -2.38.